The lowest BCUT2D eigenvalue weighted by molar-refractivity contribution is 0.381. The van der Waals surface area contributed by atoms with Crippen molar-refractivity contribution in [3.05, 3.63) is 22.2 Å². The first-order valence-electron chi connectivity index (χ1n) is 5.65. The van der Waals surface area contributed by atoms with Crippen LogP contribution in [0.2, 0.25) is 0 Å². The lowest BCUT2D eigenvalue weighted by Gasteiger charge is -2.35. The van der Waals surface area contributed by atoms with Crippen molar-refractivity contribution in [2.75, 3.05) is 18.0 Å². The molecule has 2 rings (SSSR count). The van der Waals surface area contributed by atoms with Gasteiger partial charge in [0.1, 0.15) is 11.6 Å². The molecule has 1 aromatic rings. The average molecular weight is 222 g/mol. The highest BCUT2D eigenvalue weighted by atomic mass is 16.1. The van der Waals surface area contributed by atoms with Gasteiger partial charge in [-0.25, -0.2) is 4.98 Å². The third kappa shape index (κ3) is 2.24. The molecule has 1 aliphatic rings. The smallest absolute Gasteiger partial charge is 0.252 e. The Kier molecular flexibility index (Phi) is 2.96. The number of hydrogen-bond donors (Lipinski definition) is 2. The van der Waals surface area contributed by atoms with Crippen molar-refractivity contribution in [1.82, 2.24) is 9.97 Å². The van der Waals surface area contributed by atoms with Gasteiger partial charge in [0.25, 0.3) is 5.56 Å². The van der Waals surface area contributed by atoms with Crippen LogP contribution in [0.1, 0.15) is 19.2 Å². The highest BCUT2D eigenvalue weighted by Gasteiger charge is 2.24. The minimum absolute atomic E-state index is 0.0926. The van der Waals surface area contributed by atoms with Crippen LogP contribution >= 0.6 is 0 Å². The van der Waals surface area contributed by atoms with Crippen LogP contribution < -0.4 is 16.2 Å². The Labute approximate surface area is 94.7 Å². The number of H-pyrrole nitrogens is 1. The van der Waals surface area contributed by atoms with Gasteiger partial charge < -0.3 is 15.6 Å². The molecule has 1 aromatic heterocycles. The third-order valence-corrected chi connectivity index (χ3v) is 3.14. The minimum Gasteiger partial charge on any atom is -0.356 e. The van der Waals surface area contributed by atoms with Gasteiger partial charge >= 0.3 is 0 Å². The molecule has 5 heteroatoms. The number of hydrogen-bond acceptors (Lipinski definition) is 4. The van der Waals surface area contributed by atoms with Gasteiger partial charge in [0.15, 0.2) is 0 Å². The van der Waals surface area contributed by atoms with Crippen molar-refractivity contribution in [2.24, 2.45) is 11.7 Å². The van der Waals surface area contributed by atoms with Crippen LogP contribution in [0.25, 0.3) is 0 Å². The molecule has 2 atom stereocenters. The minimum atomic E-state index is -0.0926. The van der Waals surface area contributed by atoms with E-state index in [1.807, 2.05) is 0 Å². The first kappa shape index (κ1) is 11.1. The van der Waals surface area contributed by atoms with Crippen molar-refractivity contribution in [3.8, 4) is 0 Å². The molecule has 5 nitrogen and oxygen atoms in total. The van der Waals surface area contributed by atoms with E-state index < -0.39 is 0 Å². The van der Waals surface area contributed by atoms with E-state index in [1.54, 1.807) is 13.0 Å². The van der Waals surface area contributed by atoms with Gasteiger partial charge in [-0.05, 0) is 19.3 Å². The molecule has 0 radical (unpaired) electrons. The lowest BCUT2D eigenvalue weighted by atomic mass is 9.95. The van der Waals surface area contributed by atoms with Crippen molar-refractivity contribution in [1.29, 1.82) is 0 Å². The maximum absolute atomic E-state index is 11.4. The van der Waals surface area contributed by atoms with Crippen LogP contribution in [-0.2, 0) is 0 Å². The monoisotopic (exact) mass is 222 g/mol. The molecule has 0 saturated carbocycles. The van der Waals surface area contributed by atoms with Gasteiger partial charge in [-0.2, -0.15) is 0 Å². The summed E-state index contributed by atoms with van der Waals surface area (Å²) in [5.41, 5.74) is 5.87. The van der Waals surface area contributed by atoms with E-state index in [2.05, 4.69) is 21.8 Å². The Bertz CT molecular complexity index is 428. The first-order valence-corrected chi connectivity index (χ1v) is 5.65. The number of aryl methyl sites for hydroxylation is 1. The molecular weight excluding hydrogens is 204 g/mol. The second-order valence-corrected chi connectivity index (χ2v) is 4.56. The maximum atomic E-state index is 11.4. The average Bonchev–Trinajstić information content (AvgIpc) is 2.20. The Morgan fingerprint density at radius 3 is 3.00 bits per heavy atom. The lowest BCUT2D eigenvalue weighted by Crippen LogP contribution is -2.46. The molecule has 0 bridgehead atoms. The van der Waals surface area contributed by atoms with Crippen molar-refractivity contribution >= 4 is 5.82 Å². The standard InChI is InChI=1S/C11H18N4O/c1-7-6-15(4-3-9(7)12)10-5-11(16)14-8(2)13-10/h5,7,9H,3-4,6,12H2,1-2H3,(H,13,14,16). The van der Waals surface area contributed by atoms with Crippen LogP contribution in [0, 0.1) is 12.8 Å². The molecule has 0 aromatic carbocycles. The van der Waals surface area contributed by atoms with Crippen molar-refractivity contribution in [2.45, 2.75) is 26.3 Å². The molecule has 16 heavy (non-hydrogen) atoms. The van der Waals surface area contributed by atoms with E-state index in [-0.39, 0.29) is 11.6 Å². The highest BCUT2D eigenvalue weighted by Crippen LogP contribution is 2.19. The van der Waals surface area contributed by atoms with Crippen LogP contribution in [0.4, 0.5) is 5.82 Å². The molecule has 1 saturated heterocycles. The van der Waals surface area contributed by atoms with E-state index in [0.717, 1.165) is 25.3 Å². The third-order valence-electron chi connectivity index (χ3n) is 3.14. The molecule has 88 valence electrons. The second kappa shape index (κ2) is 4.25. The summed E-state index contributed by atoms with van der Waals surface area (Å²) in [5, 5.41) is 0. The van der Waals surface area contributed by atoms with Crippen LogP contribution in [0.5, 0.6) is 0 Å². The zero-order valence-corrected chi connectivity index (χ0v) is 9.73. The van der Waals surface area contributed by atoms with Gasteiger partial charge in [-0.1, -0.05) is 6.92 Å². The maximum Gasteiger partial charge on any atom is 0.252 e. The zero-order valence-electron chi connectivity index (χ0n) is 9.73. The number of nitrogens with two attached hydrogens (primary N) is 1. The predicted molar refractivity (Wildman–Crippen MR) is 63.6 cm³/mol. The largest absolute Gasteiger partial charge is 0.356 e. The topological polar surface area (TPSA) is 75.0 Å². The second-order valence-electron chi connectivity index (χ2n) is 4.56. The Morgan fingerprint density at radius 1 is 1.62 bits per heavy atom. The Hall–Kier alpha value is -1.36. The number of piperidine rings is 1. The molecule has 1 aliphatic heterocycles. The highest BCUT2D eigenvalue weighted by molar-refractivity contribution is 5.38. The molecular formula is C11H18N4O. The number of rotatable bonds is 1. The van der Waals surface area contributed by atoms with Gasteiger partial charge in [0, 0.05) is 25.2 Å². The van der Waals surface area contributed by atoms with Crippen LogP contribution in [0.3, 0.4) is 0 Å². The number of nitrogens with zero attached hydrogens (tertiary/aromatic N) is 2. The summed E-state index contributed by atoms with van der Waals surface area (Å²) in [7, 11) is 0. The number of anilines is 1. The van der Waals surface area contributed by atoms with Gasteiger partial charge in [-0.3, -0.25) is 4.79 Å². The first-order chi connectivity index (χ1) is 7.56. The normalized spacial score (nSPS) is 25.8. The fourth-order valence-corrected chi connectivity index (χ4v) is 2.10. The van der Waals surface area contributed by atoms with Crippen LogP contribution in [-0.4, -0.2) is 29.1 Å². The summed E-state index contributed by atoms with van der Waals surface area (Å²) in [4.78, 5) is 20.5. The molecule has 0 spiro atoms. The number of nitrogens with one attached hydrogen (secondary N) is 1. The van der Waals surface area contributed by atoms with Gasteiger partial charge in [0.05, 0.1) is 0 Å². The molecule has 2 unspecified atom stereocenters. The summed E-state index contributed by atoms with van der Waals surface area (Å²) in [6, 6.07) is 1.82. The van der Waals surface area contributed by atoms with Crippen LogP contribution in [0.15, 0.2) is 10.9 Å². The van der Waals surface area contributed by atoms with Crippen molar-refractivity contribution in [3.63, 3.8) is 0 Å². The zero-order chi connectivity index (χ0) is 11.7. The van der Waals surface area contributed by atoms with Gasteiger partial charge in [0.2, 0.25) is 0 Å². The van der Waals surface area contributed by atoms with E-state index in [1.165, 1.54) is 0 Å². The number of aromatic amines is 1. The van der Waals surface area contributed by atoms with Crippen molar-refractivity contribution < 1.29 is 0 Å². The quantitative estimate of drug-likeness (QED) is 0.714. The molecule has 0 amide bonds. The predicted octanol–water partition coefficient (Wildman–Crippen LogP) is 0.252. The van der Waals surface area contributed by atoms with E-state index in [0.29, 0.717) is 11.7 Å². The SMILES string of the molecule is Cc1nc(N2CCC(N)C(C)C2)cc(=O)[nH]1. The summed E-state index contributed by atoms with van der Waals surface area (Å²) >= 11 is 0. The fraction of sp³-hybridized carbons (Fsp3) is 0.636. The van der Waals surface area contributed by atoms with E-state index in [4.69, 9.17) is 5.73 Å². The number of aromatic nitrogens is 2. The summed E-state index contributed by atoms with van der Waals surface area (Å²) < 4.78 is 0. The Balaban J connectivity index is 2.21. The molecule has 0 aliphatic carbocycles. The van der Waals surface area contributed by atoms with E-state index >= 15 is 0 Å². The van der Waals surface area contributed by atoms with Gasteiger partial charge in [-0.15, -0.1) is 0 Å². The summed E-state index contributed by atoms with van der Waals surface area (Å²) in [6.45, 7) is 5.68. The molecule has 1 fully saturated rings. The molecule has 3 N–H and O–H groups in total. The fourth-order valence-electron chi connectivity index (χ4n) is 2.10. The Morgan fingerprint density at radius 2 is 2.38 bits per heavy atom. The summed E-state index contributed by atoms with van der Waals surface area (Å²) in [6.07, 6.45) is 0.953. The molecule has 2 heterocycles. The summed E-state index contributed by atoms with van der Waals surface area (Å²) in [5.74, 6) is 1.86. The van der Waals surface area contributed by atoms with E-state index in [9.17, 15) is 4.79 Å².